The van der Waals surface area contributed by atoms with E-state index in [4.69, 9.17) is 4.74 Å². The first-order valence-electron chi connectivity index (χ1n) is 7.12. The van der Waals surface area contributed by atoms with Crippen molar-refractivity contribution in [3.8, 4) is 10.4 Å². The van der Waals surface area contributed by atoms with E-state index in [0.717, 1.165) is 9.75 Å². The molecule has 0 saturated heterocycles. The molecule has 0 saturated carbocycles. The smallest absolute Gasteiger partial charge is 0.428 e. The highest BCUT2D eigenvalue weighted by molar-refractivity contribution is 7.17. The first-order valence-corrected chi connectivity index (χ1v) is 7.93. The van der Waals surface area contributed by atoms with Crippen molar-refractivity contribution >= 4 is 29.3 Å². The molecule has 0 aliphatic heterocycles. The van der Waals surface area contributed by atoms with E-state index in [2.05, 4.69) is 10.5 Å². The van der Waals surface area contributed by atoms with Gasteiger partial charge in [0, 0.05) is 15.8 Å². The van der Waals surface area contributed by atoms with Gasteiger partial charge in [0.25, 0.3) is 5.69 Å². The quantitative estimate of drug-likeness (QED) is 0.510. The molecule has 126 valence electrons. The maximum Gasteiger partial charge on any atom is 0.428 e. The van der Waals surface area contributed by atoms with Crippen LogP contribution in [0.15, 0.2) is 41.5 Å². The maximum atomic E-state index is 11.5. The zero-order chi connectivity index (χ0) is 17.7. The molecule has 0 fully saturated rings. The van der Waals surface area contributed by atoms with Crippen LogP contribution in [-0.2, 0) is 4.74 Å². The standard InChI is InChI=1S/C16H17N3O4S/c1-16(2,3)23-15(20)18-17-10-11-8-9-14(24-11)12-6-4-5-7-13(12)19(21)22/h4-10H,1-3H3,(H,18,20). The number of carbonyl (C=O) groups excluding carboxylic acids is 1. The molecule has 0 unspecified atom stereocenters. The molecule has 1 heterocycles. The number of thiophene rings is 1. The van der Waals surface area contributed by atoms with Gasteiger partial charge in [0.05, 0.1) is 16.7 Å². The summed E-state index contributed by atoms with van der Waals surface area (Å²) in [6.07, 6.45) is 0.821. The summed E-state index contributed by atoms with van der Waals surface area (Å²) < 4.78 is 5.06. The number of rotatable bonds is 4. The Morgan fingerprint density at radius 3 is 2.67 bits per heavy atom. The fraction of sp³-hybridized carbons (Fsp3) is 0.250. The highest BCUT2D eigenvalue weighted by Gasteiger charge is 2.16. The molecular formula is C16H17N3O4S. The van der Waals surface area contributed by atoms with Crippen LogP contribution in [0.4, 0.5) is 10.5 Å². The van der Waals surface area contributed by atoms with Crippen LogP contribution in [0.25, 0.3) is 10.4 Å². The van der Waals surface area contributed by atoms with Gasteiger partial charge in [-0.1, -0.05) is 12.1 Å². The third-order valence-corrected chi connectivity index (χ3v) is 3.79. The molecule has 0 spiro atoms. The van der Waals surface area contributed by atoms with Gasteiger partial charge in [-0.15, -0.1) is 11.3 Å². The highest BCUT2D eigenvalue weighted by Crippen LogP contribution is 2.34. The largest absolute Gasteiger partial charge is 0.443 e. The molecule has 0 aliphatic carbocycles. The number of nitrogens with zero attached hydrogens (tertiary/aromatic N) is 2. The first-order chi connectivity index (χ1) is 11.3. The number of hydrogen-bond acceptors (Lipinski definition) is 6. The van der Waals surface area contributed by atoms with Crippen LogP contribution in [0.3, 0.4) is 0 Å². The number of para-hydroxylation sites is 1. The van der Waals surface area contributed by atoms with Gasteiger partial charge in [-0.3, -0.25) is 10.1 Å². The second-order valence-electron chi connectivity index (χ2n) is 5.85. The number of nitro benzene ring substituents is 1. The Bertz CT molecular complexity index is 778. The van der Waals surface area contributed by atoms with E-state index in [1.165, 1.54) is 23.6 Å². The number of amides is 1. The van der Waals surface area contributed by atoms with Crippen LogP contribution in [0, 0.1) is 10.1 Å². The summed E-state index contributed by atoms with van der Waals surface area (Å²) in [7, 11) is 0. The number of benzene rings is 1. The summed E-state index contributed by atoms with van der Waals surface area (Å²) in [5.41, 5.74) is 2.28. The van der Waals surface area contributed by atoms with Crippen LogP contribution < -0.4 is 5.43 Å². The number of nitro groups is 1. The Hall–Kier alpha value is -2.74. The van der Waals surface area contributed by atoms with Gasteiger partial charge in [-0.05, 0) is 39.0 Å². The van der Waals surface area contributed by atoms with Crippen LogP contribution in [0.5, 0.6) is 0 Å². The second-order valence-corrected chi connectivity index (χ2v) is 6.96. The molecule has 0 radical (unpaired) electrons. The zero-order valence-electron chi connectivity index (χ0n) is 13.5. The summed E-state index contributed by atoms with van der Waals surface area (Å²) in [6.45, 7) is 5.28. The Labute approximate surface area is 143 Å². The van der Waals surface area contributed by atoms with E-state index in [1.54, 1.807) is 51.1 Å². The van der Waals surface area contributed by atoms with Gasteiger partial charge in [0.15, 0.2) is 0 Å². The van der Waals surface area contributed by atoms with E-state index in [0.29, 0.717) is 5.56 Å². The lowest BCUT2D eigenvalue weighted by atomic mass is 10.1. The van der Waals surface area contributed by atoms with E-state index >= 15 is 0 Å². The van der Waals surface area contributed by atoms with Gasteiger partial charge >= 0.3 is 6.09 Å². The van der Waals surface area contributed by atoms with Crippen molar-refractivity contribution in [2.45, 2.75) is 26.4 Å². The van der Waals surface area contributed by atoms with Crippen LogP contribution in [-0.4, -0.2) is 22.8 Å². The van der Waals surface area contributed by atoms with Gasteiger partial charge in [-0.2, -0.15) is 5.10 Å². The van der Waals surface area contributed by atoms with E-state index < -0.39 is 16.6 Å². The van der Waals surface area contributed by atoms with E-state index in [1.807, 2.05) is 0 Å². The number of hydrazone groups is 1. The number of carbonyl (C=O) groups is 1. The molecular weight excluding hydrogens is 330 g/mol. The topological polar surface area (TPSA) is 93.8 Å². The maximum absolute atomic E-state index is 11.5. The molecule has 1 aromatic heterocycles. The Balaban J connectivity index is 2.08. The normalized spacial score (nSPS) is 11.5. The minimum atomic E-state index is -0.644. The Morgan fingerprint density at radius 1 is 1.29 bits per heavy atom. The van der Waals surface area contributed by atoms with Gasteiger partial charge in [0.1, 0.15) is 5.60 Å². The molecule has 1 aromatic carbocycles. The average molecular weight is 347 g/mol. The highest BCUT2D eigenvalue weighted by atomic mass is 32.1. The molecule has 0 aliphatic rings. The minimum absolute atomic E-state index is 0.0507. The predicted molar refractivity (Wildman–Crippen MR) is 93.4 cm³/mol. The lowest BCUT2D eigenvalue weighted by molar-refractivity contribution is -0.384. The third kappa shape index (κ3) is 4.88. The summed E-state index contributed by atoms with van der Waals surface area (Å²) >= 11 is 1.34. The van der Waals surface area contributed by atoms with Crippen LogP contribution in [0.2, 0.25) is 0 Å². The number of ether oxygens (including phenoxy) is 1. The van der Waals surface area contributed by atoms with Gasteiger partial charge in [0.2, 0.25) is 0 Å². The average Bonchev–Trinajstić information content (AvgIpc) is 2.94. The lowest BCUT2D eigenvalue weighted by Crippen LogP contribution is -2.29. The number of hydrogen-bond donors (Lipinski definition) is 1. The minimum Gasteiger partial charge on any atom is -0.443 e. The van der Waals surface area contributed by atoms with Crippen LogP contribution >= 0.6 is 11.3 Å². The van der Waals surface area contributed by atoms with Crippen molar-refractivity contribution < 1.29 is 14.5 Å². The Morgan fingerprint density at radius 2 is 2.00 bits per heavy atom. The van der Waals surface area contributed by atoms with Crippen molar-refractivity contribution in [2.75, 3.05) is 0 Å². The van der Waals surface area contributed by atoms with Crippen molar-refractivity contribution in [2.24, 2.45) is 5.10 Å². The monoisotopic (exact) mass is 347 g/mol. The zero-order valence-corrected chi connectivity index (χ0v) is 14.3. The van der Waals surface area contributed by atoms with Gasteiger partial charge < -0.3 is 4.74 Å². The third-order valence-electron chi connectivity index (χ3n) is 2.74. The fourth-order valence-electron chi connectivity index (χ4n) is 1.86. The molecule has 1 amide bonds. The predicted octanol–water partition coefficient (Wildman–Crippen LogP) is 4.18. The van der Waals surface area contributed by atoms with Crippen LogP contribution in [0.1, 0.15) is 25.6 Å². The van der Waals surface area contributed by atoms with E-state index in [9.17, 15) is 14.9 Å². The fourth-order valence-corrected chi connectivity index (χ4v) is 2.77. The molecule has 8 heteroatoms. The lowest BCUT2D eigenvalue weighted by Gasteiger charge is -2.18. The molecule has 0 atom stereocenters. The SMILES string of the molecule is CC(C)(C)OC(=O)NN=Cc1ccc(-c2ccccc2[N+](=O)[O-])s1. The van der Waals surface area contributed by atoms with Gasteiger partial charge in [-0.25, -0.2) is 10.2 Å². The summed E-state index contributed by atoms with van der Waals surface area (Å²) in [5, 5.41) is 14.9. The molecule has 7 nitrogen and oxygen atoms in total. The Kier molecular flexibility index (Phi) is 5.30. The van der Waals surface area contributed by atoms with Crippen molar-refractivity contribution in [1.82, 2.24) is 5.43 Å². The van der Waals surface area contributed by atoms with Crippen molar-refractivity contribution in [1.29, 1.82) is 0 Å². The summed E-state index contributed by atoms with van der Waals surface area (Å²) in [6, 6.07) is 10.1. The van der Waals surface area contributed by atoms with Crippen molar-refractivity contribution in [3.63, 3.8) is 0 Å². The molecule has 2 rings (SSSR count). The second kappa shape index (κ2) is 7.22. The molecule has 0 bridgehead atoms. The number of nitrogens with one attached hydrogen (secondary N) is 1. The molecule has 1 N–H and O–H groups in total. The van der Waals surface area contributed by atoms with Crippen molar-refractivity contribution in [3.05, 3.63) is 51.4 Å². The molecule has 24 heavy (non-hydrogen) atoms. The molecule has 2 aromatic rings. The first kappa shape index (κ1) is 17.6. The summed E-state index contributed by atoms with van der Waals surface area (Å²) in [4.78, 5) is 23.7. The summed E-state index contributed by atoms with van der Waals surface area (Å²) in [5.74, 6) is 0. The van der Waals surface area contributed by atoms with E-state index in [-0.39, 0.29) is 5.69 Å².